The maximum atomic E-state index is 5.75. The third kappa shape index (κ3) is 5.77. The lowest BCUT2D eigenvalue weighted by atomic mass is 10.2. The van der Waals surface area contributed by atoms with E-state index in [-0.39, 0.29) is 0 Å². The Morgan fingerprint density at radius 3 is 2.79 bits per heavy atom. The van der Waals surface area contributed by atoms with E-state index < -0.39 is 0 Å². The quantitative estimate of drug-likeness (QED) is 0.521. The predicted octanol–water partition coefficient (Wildman–Crippen LogP) is 2.39. The Hall–Kier alpha value is -1.52. The zero-order chi connectivity index (χ0) is 13.9. The number of nitrogens with one attached hydrogen (secondary N) is 1. The topological polar surface area (TPSA) is 39.7 Å². The summed E-state index contributed by atoms with van der Waals surface area (Å²) in [6.45, 7) is 6.57. The molecule has 4 heteroatoms. The first-order chi connectivity index (χ1) is 9.31. The molecule has 0 saturated carbocycles. The monoisotopic (exact) mass is 265 g/mol. The standard InChI is InChI=1S/C15H23NO3/c1-4-5-9-19-15-11-14(18-3)7-6-13(15)12-16-8-10-17-2/h4,6-7,11,16H,1,5,8-10,12H2,2-3H3. The van der Waals surface area contributed by atoms with Gasteiger partial charge >= 0.3 is 0 Å². The van der Waals surface area contributed by atoms with Crippen molar-refractivity contribution in [3.8, 4) is 11.5 Å². The molecule has 106 valence electrons. The SMILES string of the molecule is C=CCCOc1cc(OC)ccc1CNCCOC. The van der Waals surface area contributed by atoms with Crippen LogP contribution in [0.25, 0.3) is 0 Å². The van der Waals surface area contributed by atoms with Gasteiger partial charge in [-0.3, -0.25) is 0 Å². The summed E-state index contributed by atoms with van der Waals surface area (Å²) in [5, 5.41) is 3.30. The second-order valence-electron chi connectivity index (χ2n) is 4.07. The third-order valence-electron chi connectivity index (χ3n) is 2.65. The van der Waals surface area contributed by atoms with Gasteiger partial charge in [-0.25, -0.2) is 0 Å². The molecule has 1 N–H and O–H groups in total. The summed E-state index contributed by atoms with van der Waals surface area (Å²) in [7, 11) is 3.35. The van der Waals surface area contributed by atoms with Gasteiger partial charge in [0, 0.05) is 31.8 Å². The van der Waals surface area contributed by atoms with Crippen LogP contribution in [0.15, 0.2) is 30.9 Å². The first-order valence-corrected chi connectivity index (χ1v) is 6.42. The van der Waals surface area contributed by atoms with E-state index in [9.17, 15) is 0 Å². The van der Waals surface area contributed by atoms with Crippen molar-refractivity contribution in [2.24, 2.45) is 0 Å². The molecule has 0 bridgehead atoms. The molecule has 0 unspecified atom stereocenters. The number of hydrogen-bond acceptors (Lipinski definition) is 4. The van der Waals surface area contributed by atoms with Crippen LogP contribution in [0.1, 0.15) is 12.0 Å². The van der Waals surface area contributed by atoms with Gasteiger partial charge in [0.15, 0.2) is 0 Å². The minimum Gasteiger partial charge on any atom is -0.497 e. The smallest absolute Gasteiger partial charge is 0.127 e. The van der Waals surface area contributed by atoms with Gasteiger partial charge in [0.05, 0.1) is 20.3 Å². The summed E-state index contributed by atoms with van der Waals surface area (Å²) in [6.07, 6.45) is 2.67. The second-order valence-corrected chi connectivity index (χ2v) is 4.07. The Balaban J connectivity index is 2.62. The summed E-state index contributed by atoms with van der Waals surface area (Å²) in [6, 6.07) is 5.87. The van der Waals surface area contributed by atoms with E-state index in [1.807, 2.05) is 24.3 Å². The van der Waals surface area contributed by atoms with Crippen LogP contribution >= 0.6 is 0 Å². The maximum Gasteiger partial charge on any atom is 0.127 e. The van der Waals surface area contributed by atoms with Crippen LogP contribution in [0, 0.1) is 0 Å². The third-order valence-corrected chi connectivity index (χ3v) is 2.65. The Kier molecular flexibility index (Phi) is 7.70. The summed E-state index contributed by atoms with van der Waals surface area (Å²) in [5.74, 6) is 1.65. The molecule has 0 aliphatic carbocycles. The van der Waals surface area contributed by atoms with Crippen molar-refractivity contribution in [1.82, 2.24) is 5.32 Å². The maximum absolute atomic E-state index is 5.75. The van der Waals surface area contributed by atoms with Gasteiger partial charge in [0.1, 0.15) is 11.5 Å². The molecule has 0 aliphatic heterocycles. The van der Waals surface area contributed by atoms with E-state index in [2.05, 4.69) is 11.9 Å². The lowest BCUT2D eigenvalue weighted by Crippen LogP contribution is -2.19. The molecule has 19 heavy (non-hydrogen) atoms. The molecule has 0 aliphatic rings. The van der Waals surface area contributed by atoms with Crippen molar-refractivity contribution in [2.75, 3.05) is 34.0 Å². The first-order valence-electron chi connectivity index (χ1n) is 6.42. The molecule has 0 saturated heterocycles. The number of rotatable bonds is 10. The highest BCUT2D eigenvalue weighted by Gasteiger charge is 2.05. The molecule has 1 aromatic rings. The fourth-order valence-corrected chi connectivity index (χ4v) is 1.59. The summed E-state index contributed by atoms with van der Waals surface area (Å²) < 4.78 is 16.0. The van der Waals surface area contributed by atoms with Crippen molar-refractivity contribution in [3.63, 3.8) is 0 Å². The highest BCUT2D eigenvalue weighted by molar-refractivity contribution is 5.40. The van der Waals surface area contributed by atoms with Gasteiger partial charge in [-0.05, 0) is 12.5 Å². The molecule has 1 aromatic carbocycles. The van der Waals surface area contributed by atoms with Crippen molar-refractivity contribution in [2.45, 2.75) is 13.0 Å². The number of benzene rings is 1. The predicted molar refractivity (Wildman–Crippen MR) is 76.9 cm³/mol. The van der Waals surface area contributed by atoms with Crippen LogP contribution in [0.4, 0.5) is 0 Å². The molecular formula is C15H23NO3. The van der Waals surface area contributed by atoms with E-state index in [4.69, 9.17) is 14.2 Å². The zero-order valence-corrected chi connectivity index (χ0v) is 11.8. The van der Waals surface area contributed by atoms with Crippen molar-refractivity contribution < 1.29 is 14.2 Å². The van der Waals surface area contributed by atoms with Crippen molar-refractivity contribution in [1.29, 1.82) is 0 Å². The average Bonchev–Trinajstić information content (AvgIpc) is 2.45. The van der Waals surface area contributed by atoms with Crippen LogP contribution in [-0.4, -0.2) is 34.0 Å². The van der Waals surface area contributed by atoms with Crippen molar-refractivity contribution in [3.05, 3.63) is 36.4 Å². The first kappa shape index (κ1) is 15.5. The Labute approximate surface area is 115 Å². The summed E-state index contributed by atoms with van der Waals surface area (Å²) in [5.41, 5.74) is 1.11. The van der Waals surface area contributed by atoms with Crippen LogP contribution in [0.3, 0.4) is 0 Å². The fraction of sp³-hybridized carbons (Fsp3) is 0.467. The van der Waals surface area contributed by atoms with E-state index in [1.165, 1.54) is 0 Å². The van der Waals surface area contributed by atoms with Crippen molar-refractivity contribution >= 4 is 0 Å². The van der Waals surface area contributed by atoms with Crippen LogP contribution < -0.4 is 14.8 Å². The molecule has 0 heterocycles. The van der Waals surface area contributed by atoms with E-state index in [0.29, 0.717) is 13.2 Å². The zero-order valence-electron chi connectivity index (χ0n) is 11.8. The molecule has 0 spiro atoms. The molecule has 4 nitrogen and oxygen atoms in total. The Morgan fingerprint density at radius 2 is 2.11 bits per heavy atom. The minimum absolute atomic E-state index is 0.627. The van der Waals surface area contributed by atoms with E-state index in [1.54, 1.807) is 14.2 Å². The van der Waals surface area contributed by atoms with Gasteiger partial charge in [-0.15, -0.1) is 6.58 Å². The van der Waals surface area contributed by atoms with Gasteiger partial charge in [-0.1, -0.05) is 12.1 Å². The van der Waals surface area contributed by atoms with Crippen LogP contribution in [-0.2, 0) is 11.3 Å². The largest absolute Gasteiger partial charge is 0.497 e. The number of hydrogen-bond donors (Lipinski definition) is 1. The molecule has 0 amide bonds. The molecule has 0 atom stereocenters. The summed E-state index contributed by atoms with van der Waals surface area (Å²) >= 11 is 0. The van der Waals surface area contributed by atoms with Crippen LogP contribution in [0.5, 0.6) is 11.5 Å². The lowest BCUT2D eigenvalue weighted by Gasteiger charge is -2.13. The van der Waals surface area contributed by atoms with E-state index >= 15 is 0 Å². The normalized spacial score (nSPS) is 10.2. The van der Waals surface area contributed by atoms with E-state index in [0.717, 1.165) is 36.6 Å². The summed E-state index contributed by atoms with van der Waals surface area (Å²) in [4.78, 5) is 0. The molecule has 0 aromatic heterocycles. The highest BCUT2D eigenvalue weighted by Crippen LogP contribution is 2.25. The minimum atomic E-state index is 0.627. The molecule has 0 fully saturated rings. The van der Waals surface area contributed by atoms with Gasteiger partial charge < -0.3 is 19.5 Å². The average molecular weight is 265 g/mol. The lowest BCUT2D eigenvalue weighted by molar-refractivity contribution is 0.199. The van der Waals surface area contributed by atoms with Gasteiger partial charge in [0.25, 0.3) is 0 Å². The second kappa shape index (κ2) is 9.42. The Bertz CT molecular complexity index is 380. The van der Waals surface area contributed by atoms with Gasteiger partial charge in [-0.2, -0.15) is 0 Å². The highest BCUT2D eigenvalue weighted by atomic mass is 16.5. The van der Waals surface area contributed by atoms with Crippen LogP contribution in [0.2, 0.25) is 0 Å². The molecule has 1 rings (SSSR count). The van der Waals surface area contributed by atoms with Gasteiger partial charge in [0.2, 0.25) is 0 Å². The Morgan fingerprint density at radius 1 is 1.26 bits per heavy atom. The molecule has 0 radical (unpaired) electrons. The number of methoxy groups -OCH3 is 2. The fourth-order valence-electron chi connectivity index (χ4n) is 1.59. The molecular weight excluding hydrogens is 242 g/mol. The number of ether oxygens (including phenoxy) is 3.